The second-order valence-electron chi connectivity index (χ2n) is 5.74. The van der Waals surface area contributed by atoms with Crippen LogP contribution in [0, 0.1) is 10.8 Å². The summed E-state index contributed by atoms with van der Waals surface area (Å²) in [5.41, 5.74) is 0.597. The Labute approximate surface area is 73.2 Å². The van der Waals surface area contributed by atoms with E-state index in [1.54, 1.807) is 0 Å². The molecule has 1 unspecified atom stereocenters. The van der Waals surface area contributed by atoms with E-state index >= 15 is 0 Å². The summed E-state index contributed by atoms with van der Waals surface area (Å²) in [6, 6.07) is 0. The number of hydrogen-bond donors (Lipinski definition) is 0. The maximum absolute atomic E-state index is 6.04. The van der Waals surface area contributed by atoms with Gasteiger partial charge in [-0.15, -0.1) is 0 Å². The van der Waals surface area contributed by atoms with Crippen LogP contribution < -0.4 is 0 Å². The van der Waals surface area contributed by atoms with E-state index < -0.39 is 0 Å². The van der Waals surface area contributed by atoms with Crippen LogP contribution in [0.2, 0.25) is 5.82 Å². The van der Waals surface area contributed by atoms with Crippen LogP contribution in [-0.2, 0) is 0 Å². The molecule has 0 rings (SSSR count). The van der Waals surface area contributed by atoms with Crippen LogP contribution >= 0.6 is 0 Å². The van der Waals surface area contributed by atoms with Gasteiger partial charge in [0.25, 0.3) is 0 Å². The van der Waals surface area contributed by atoms with Crippen molar-refractivity contribution in [3.8, 4) is 0 Å². The summed E-state index contributed by atoms with van der Waals surface area (Å²) in [5.74, 6) is 0.308. The van der Waals surface area contributed by atoms with Crippen molar-refractivity contribution >= 4 is 7.85 Å². The van der Waals surface area contributed by atoms with Gasteiger partial charge in [0.1, 0.15) is 0 Å². The fourth-order valence-electron chi connectivity index (χ4n) is 0.966. The third-order valence-electron chi connectivity index (χ3n) is 1.94. The van der Waals surface area contributed by atoms with E-state index in [2.05, 4.69) is 41.5 Å². The minimum Gasteiger partial charge on any atom is -0.0721 e. The van der Waals surface area contributed by atoms with Crippen molar-refractivity contribution < 1.29 is 0 Å². The van der Waals surface area contributed by atoms with E-state index in [1.807, 2.05) is 0 Å². The standard InChI is InChI=1S/C10H21B/c1-9(2,3)7-8(11)10(4,5)6/h8H,7H2,1-6H3. The summed E-state index contributed by atoms with van der Waals surface area (Å²) in [6.45, 7) is 13.3. The lowest BCUT2D eigenvalue weighted by Crippen LogP contribution is -2.20. The molecule has 0 aromatic heterocycles. The van der Waals surface area contributed by atoms with Crippen molar-refractivity contribution in [2.45, 2.75) is 53.8 Å². The van der Waals surface area contributed by atoms with Crippen LogP contribution in [0.15, 0.2) is 0 Å². The molecule has 11 heavy (non-hydrogen) atoms. The Morgan fingerprint density at radius 1 is 1.00 bits per heavy atom. The molecule has 1 atom stereocenters. The fourth-order valence-corrected chi connectivity index (χ4v) is 0.966. The molecule has 0 amide bonds. The van der Waals surface area contributed by atoms with E-state index in [9.17, 15) is 0 Å². The van der Waals surface area contributed by atoms with Gasteiger partial charge in [0.15, 0.2) is 0 Å². The molecular weight excluding hydrogens is 131 g/mol. The van der Waals surface area contributed by atoms with Crippen LogP contribution in [0.4, 0.5) is 0 Å². The summed E-state index contributed by atoms with van der Waals surface area (Å²) >= 11 is 0. The topological polar surface area (TPSA) is 0 Å². The van der Waals surface area contributed by atoms with Gasteiger partial charge >= 0.3 is 0 Å². The van der Waals surface area contributed by atoms with Crippen molar-refractivity contribution in [3.63, 3.8) is 0 Å². The molecule has 0 spiro atoms. The molecular formula is C10H21B. The normalized spacial score (nSPS) is 16.5. The lowest BCUT2D eigenvalue weighted by Gasteiger charge is -2.33. The lowest BCUT2D eigenvalue weighted by molar-refractivity contribution is 0.276. The average molecular weight is 152 g/mol. The quantitative estimate of drug-likeness (QED) is 0.505. The van der Waals surface area contributed by atoms with Gasteiger partial charge in [0.2, 0.25) is 0 Å². The molecule has 0 bridgehead atoms. The Balaban J connectivity index is 3.99. The van der Waals surface area contributed by atoms with E-state index in [1.165, 1.54) is 0 Å². The minimum absolute atomic E-state index is 0.243. The monoisotopic (exact) mass is 152 g/mol. The molecule has 0 aromatic carbocycles. The predicted molar refractivity (Wildman–Crippen MR) is 53.0 cm³/mol. The molecule has 0 aromatic rings. The van der Waals surface area contributed by atoms with Crippen LogP contribution in [-0.4, -0.2) is 7.85 Å². The summed E-state index contributed by atoms with van der Waals surface area (Å²) in [6.07, 6.45) is 1.09. The summed E-state index contributed by atoms with van der Waals surface area (Å²) < 4.78 is 0. The molecule has 0 fully saturated rings. The SMILES string of the molecule is [B]C(CC(C)(C)C)C(C)(C)C. The second-order valence-corrected chi connectivity index (χ2v) is 5.74. The van der Waals surface area contributed by atoms with Crippen LogP contribution in [0.3, 0.4) is 0 Å². The minimum atomic E-state index is 0.243. The van der Waals surface area contributed by atoms with Gasteiger partial charge in [0, 0.05) is 0 Å². The van der Waals surface area contributed by atoms with Crippen molar-refractivity contribution in [1.29, 1.82) is 0 Å². The molecule has 0 N–H and O–H groups in total. The Hall–Kier alpha value is 0.0649. The van der Waals surface area contributed by atoms with Gasteiger partial charge in [-0.2, -0.15) is 0 Å². The Kier molecular flexibility index (Phi) is 3.22. The average Bonchev–Trinajstić information content (AvgIpc) is 1.56. The maximum atomic E-state index is 6.04. The highest BCUT2D eigenvalue weighted by atomic mass is 14.3. The van der Waals surface area contributed by atoms with Gasteiger partial charge in [-0.3, -0.25) is 0 Å². The summed E-state index contributed by atoms with van der Waals surface area (Å²) in [5, 5.41) is 0. The highest BCUT2D eigenvalue weighted by molar-refractivity contribution is 6.12. The van der Waals surface area contributed by atoms with E-state index in [0.29, 0.717) is 11.2 Å². The zero-order chi connectivity index (χ0) is 9.28. The third kappa shape index (κ3) is 5.35. The Morgan fingerprint density at radius 2 is 1.36 bits per heavy atom. The molecule has 2 radical (unpaired) electrons. The van der Waals surface area contributed by atoms with Gasteiger partial charge in [-0.1, -0.05) is 53.8 Å². The van der Waals surface area contributed by atoms with Crippen molar-refractivity contribution in [2.75, 3.05) is 0 Å². The van der Waals surface area contributed by atoms with Crippen LogP contribution in [0.25, 0.3) is 0 Å². The van der Waals surface area contributed by atoms with E-state index in [4.69, 9.17) is 7.85 Å². The smallest absolute Gasteiger partial charge is 0.0706 e. The van der Waals surface area contributed by atoms with Gasteiger partial charge in [-0.25, -0.2) is 0 Å². The first-order valence-corrected chi connectivity index (χ1v) is 4.38. The van der Waals surface area contributed by atoms with Crippen molar-refractivity contribution in [2.24, 2.45) is 10.8 Å². The van der Waals surface area contributed by atoms with Gasteiger partial charge < -0.3 is 0 Å². The van der Waals surface area contributed by atoms with Crippen molar-refractivity contribution in [1.82, 2.24) is 0 Å². The van der Waals surface area contributed by atoms with Crippen LogP contribution in [0.5, 0.6) is 0 Å². The first kappa shape index (κ1) is 11.1. The Bertz CT molecular complexity index is 114. The summed E-state index contributed by atoms with van der Waals surface area (Å²) in [7, 11) is 6.04. The molecule has 1 heteroatoms. The molecule has 0 heterocycles. The third-order valence-corrected chi connectivity index (χ3v) is 1.94. The highest BCUT2D eigenvalue weighted by Gasteiger charge is 2.24. The zero-order valence-electron chi connectivity index (χ0n) is 8.86. The number of rotatable bonds is 1. The van der Waals surface area contributed by atoms with Gasteiger partial charge in [0.05, 0.1) is 7.85 Å². The van der Waals surface area contributed by atoms with E-state index in [-0.39, 0.29) is 5.41 Å². The largest absolute Gasteiger partial charge is 0.0721 e. The van der Waals surface area contributed by atoms with E-state index in [0.717, 1.165) is 6.42 Å². The molecule has 0 saturated carbocycles. The van der Waals surface area contributed by atoms with Gasteiger partial charge in [-0.05, 0) is 10.8 Å². The van der Waals surface area contributed by atoms with Crippen molar-refractivity contribution in [3.05, 3.63) is 0 Å². The first-order valence-electron chi connectivity index (χ1n) is 4.38. The highest BCUT2D eigenvalue weighted by Crippen LogP contribution is 2.37. The lowest BCUT2D eigenvalue weighted by atomic mass is 9.62. The van der Waals surface area contributed by atoms with Crippen LogP contribution in [0.1, 0.15) is 48.0 Å². The summed E-state index contributed by atoms with van der Waals surface area (Å²) in [4.78, 5) is 0. The fraction of sp³-hybridized carbons (Fsp3) is 1.00. The molecule has 0 aliphatic heterocycles. The molecule has 0 nitrogen and oxygen atoms in total. The zero-order valence-corrected chi connectivity index (χ0v) is 8.86. The second kappa shape index (κ2) is 3.20. The molecule has 0 saturated heterocycles. The first-order chi connectivity index (χ1) is 4.63. The predicted octanol–water partition coefficient (Wildman–Crippen LogP) is 3.43. The Morgan fingerprint density at radius 3 is 1.45 bits per heavy atom. The number of hydrogen-bond acceptors (Lipinski definition) is 0. The maximum Gasteiger partial charge on any atom is 0.0706 e. The molecule has 0 aliphatic carbocycles. The molecule has 64 valence electrons. The molecule has 0 aliphatic rings.